The minimum absolute atomic E-state index is 0.00351. The zero-order valence-corrected chi connectivity index (χ0v) is 13.5. The molecule has 0 spiro atoms. The summed E-state index contributed by atoms with van der Waals surface area (Å²) in [5.74, 6) is -0.414. The second-order valence-electron chi connectivity index (χ2n) is 5.36. The molecule has 1 heterocycles. The summed E-state index contributed by atoms with van der Waals surface area (Å²) in [7, 11) is 0. The summed E-state index contributed by atoms with van der Waals surface area (Å²) in [5, 5.41) is 36.3. The Hall–Kier alpha value is -2.98. The summed E-state index contributed by atoms with van der Waals surface area (Å²) in [5.41, 5.74) is 1.30. The largest absolute Gasteiger partial charge is 0.493 e. The maximum absolute atomic E-state index is 12.5. The molecule has 0 unspecified atom stereocenters. The molecule has 1 aromatic heterocycles. The fraction of sp³-hybridized carbons (Fsp3) is 0.294. The van der Waals surface area contributed by atoms with Crippen LogP contribution < -0.4 is 5.56 Å². The van der Waals surface area contributed by atoms with Gasteiger partial charge in [-0.1, -0.05) is 12.1 Å². The lowest BCUT2D eigenvalue weighted by Gasteiger charge is -2.12. The Morgan fingerprint density at radius 2 is 2.04 bits per heavy atom. The molecule has 7 heteroatoms. The molecule has 24 heavy (non-hydrogen) atoms. The number of benzene rings is 1. The van der Waals surface area contributed by atoms with Crippen molar-refractivity contribution in [3.05, 3.63) is 51.3 Å². The highest BCUT2D eigenvalue weighted by Gasteiger charge is 2.18. The number of aryl methyl sites for hydroxylation is 1. The summed E-state index contributed by atoms with van der Waals surface area (Å²) in [6, 6.07) is 9.19. The van der Waals surface area contributed by atoms with Crippen LogP contribution in [0.4, 0.5) is 11.4 Å². The fourth-order valence-corrected chi connectivity index (χ4v) is 2.29. The van der Waals surface area contributed by atoms with E-state index in [4.69, 9.17) is 5.11 Å². The third-order valence-electron chi connectivity index (χ3n) is 3.58. The number of aliphatic hydroxyl groups excluding tert-OH is 1. The zero-order chi connectivity index (χ0) is 17.7. The summed E-state index contributed by atoms with van der Waals surface area (Å²) in [6.07, 6.45) is 0.274. The smallest absolute Gasteiger partial charge is 0.281 e. The van der Waals surface area contributed by atoms with Gasteiger partial charge in [-0.05, 0) is 38.0 Å². The van der Waals surface area contributed by atoms with Gasteiger partial charge in [0.15, 0.2) is 5.69 Å². The van der Waals surface area contributed by atoms with E-state index in [9.17, 15) is 15.2 Å². The molecule has 2 aromatic rings. The summed E-state index contributed by atoms with van der Waals surface area (Å²) in [6.45, 7) is 3.41. The number of hydrogen-bond donors (Lipinski definition) is 2. The van der Waals surface area contributed by atoms with Gasteiger partial charge in [-0.25, -0.2) is 0 Å². The monoisotopic (exact) mass is 326 g/mol. The van der Waals surface area contributed by atoms with Crippen LogP contribution >= 0.6 is 0 Å². The molecule has 0 bridgehead atoms. The van der Waals surface area contributed by atoms with Crippen LogP contribution in [0.1, 0.15) is 23.1 Å². The van der Waals surface area contributed by atoms with E-state index in [1.54, 1.807) is 13.0 Å². The Morgan fingerprint density at radius 3 is 2.67 bits per heavy atom. The lowest BCUT2D eigenvalue weighted by molar-refractivity contribution is 0.274. The van der Waals surface area contributed by atoms with Gasteiger partial charge < -0.3 is 10.2 Å². The summed E-state index contributed by atoms with van der Waals surface area (Å²) < 4.78 is 1.03. The first-order valence-corrected chi connectivity index (χ1v) is 7.45. The number of rotatable bonds is 5. The highest BCUT2D eigenvalue weighted by molar-refractivity contribution is 5.56. The van der Waals surface area contributed by atoms with Crippen LogP contribution in [0.5, 0.6) is 5.88 Å². The predicted molar refractivity (Wildman–Crippen MR) is 88.9 cm³/mol. The molecule has 1 aromatic carbocycles. The van der Waals surface area contributed by atoms with Crippen molar-refractivity contribution >= 4 is 11.4 Å². The minimum Gasteiger partial charge on any atom is -0.493 e. The molecule has 0 aliphatic carbocycles. The topological polar surface area (TPSA) is 111 Å². The number of azo groups is 1. The van der Waals surface area contributed by atoms with Crippen molar-refractivity contribution in [2.24, 2.45) is 10.2 Å². The quantitative estimate of drug-likeness (QED) is 0.823. The maximum atomic E-state index is 12.5. The number of aromatic hydroxyl groups is 1. The van der Waals surface area contributed by atoms with Crippen LogP contribution in [-0.4, -0.2) is 21.4 Å². The van der Waals surface area contributed by atoms with E-state index in [1.807, 2.05) is 31.2 Å². The number of aromatic nitrogens is 1. The van der Waals surface area contributed by atoms with E-state index >= 15 is 0 Å². The van der Waals surface area contributed by atoms with Crippen molar-refractivity contribution in [2.75, 3.05) is 6.61 Å². The Morgan fingerprint density at radius 1 is 1.29 bits per heavy atom. The second kappa shape index (κ2) is 7.53. The fourth-order valence-electron chi connectivity index (χ4n) is 2.29. The van der Waals surface area contributed by atoms with Gasteiger partial charge in [-0.3, -0.25) is 9.36 Å². The minimum atomic E-state index is -0.547. The standard InChI is InChI=1S/C17H18N4O3/c1-11-5-3-6-13(9-11)19-20-15-12(2)14(10-18)16(23)21(17(15)24)7-4-8-22/h3,5-6,9,22-23H,4,7-8H2,1-2H3. The molecule has 0 saturated carbocycles. The average molecular weight is 326 g/mol. The number of nitriles is 1. The van der Waals surface area contributed by atoms with Gasteiger partial charge in [-0.15, -0.1) is 5.11 Å². The van der Waals surface area contributed by atoms with Gasteiger partial charge in [0.2, 0.25) is 5.88 Å². The molecule has 2 N–H and O–H groups in total. The lowest BCUT2D eigenvalue weighted by atomic mass is 10.1. The Bertz CT molecular complexity index is 879. The number of aliphatic hydroxyl groups is 1. The highest BCUT2D eigenvalue weighted by Crippen LogP contribution is 2.27. The molecule has 0 aliphatic heterocycles. The molecule has 0 aliphatic rings. The Labute approximate surface area is 139 Å². The van der Waals surface area contributed by atoms with E-state index in [0.29, 0.717) is 5.69 Å². The van der Waals surface area contributed by atoms with Crippen molar-refractivity contribution in [3.63, 3.8) is 0 Å². The van der Waals surface area contributed by atoms with Gasteiger partial charge in [-0.2, -0.15) is 10.4 Å². The molecule has 0 saturated heterocycles. The number of pyridine rings is 1. The van der Waals surface area contributed by atoms with Crippen LogP contribution in [0.25, 0.3) is 0 Å². The van der Waals surface area contributed by atoms with E-state index in [-0.39, 0.29) is 36.4 Å². The molecule has 0 fully saturated rings. The molecular formula is C17H18N4O3. The third kappa shape index (κ3) is 3.50. The average Bonchev–Trinajstić information content (AvgIpc) is 2.55. The van der Waals surface area contributed by atoms with Crippen molar-refractivity contribution in [1.29, 1.82) is 5.26 Å². The molecule has 124 valence electrons. The molecule has 7 nitrogen and oxygen atoms in total. The van der Waals surface area contributed by atoms with Crippen molar-refractivity contribution in [2.45, 2.75) is 26.8 Å². The number of nitrogens with zero attached hydrogens (tertiary/aromatic N) is 4. The van der Waals surface area contributed by atoms with E-state index in [0.717, 1.165) is 10.1 Å². The first-order valence-electron chi connectivity index (χ1n) is 7.45. The first-order chi connectivity index (χ1) is 11.5. The van der Waals surface area contributed by atoms with Gasteiger partial charge in [0.25, 0.3) is 5.56 Å². The van der Waals surface area contributed by atoms with Gasteiger partial charge >= 0.3 is 0 Å². The van der Waals surface area contributed by atoms with E-state index in [1.165, 1.54) is 0 Å². The molecular weight excluding hydrogens is 308 g/mol. The Kier molecular flexibility index (Phi) is 5.45. The van der Waals surface area contributed by atoms with Crippen molar-refractivity contribution in [1.82, 2.24) is 4.57 Å². The molecule has 2 rings (SSSR count). The zero-order valence-electron chi connectivity index (χ0n) is 13.5. The van der Waals surface area contributed by atoms with Gasteiger partial charge in [0, 0.05) is 18.7 Å². The van der Waals surface area contributed by atoms with Gasteiger partial charge in [0.1, 0.15) is 11.6 Å². The number of hydrogen-bond acceptors (Lipinski definition) is 6. The van der Waals surface area contributed by atoms with Crippen LogP contribution in [0.3, 0.4) is 0 Å². The van der Waals surface area contributed by atoms with Crippen LogP contribution in [-0.2, 0) is 6.54 Å². The van der Waals surface area contributed by atoms with Crippen LogP contribution in [0.15, 0.2) is 39.3 Å². The van der Waals surface area contributed by atoms with Crippen molar-refractivity contribution < 1.29 is 10.2 Å². The summed E-state index contributed by atoms with van der Waals surface area (Å²) >= 11 is 0. The lowest BCUT2D eigenvalue weighted by Crippen LogP contribution is -2.22. The Balaban J connectivity index is 2.57. The van der Waals surface area contributed by atoms with E-state index < -0.39 is 11.4 Å². The molecule has 0 radical (unpaired) electrons. The SMILES string of the molecule is Cc1cccc(N=Nc2c(C)c(C#N)c(O)n(CCCO)c2=O)c1. The first kappa shape index (κ1) is 17.4. The van der Waals surface area contributed by atoms with E-state index in [2.05, 4.69) is 10.2 Å². The molecule has 0 amide bonds. The second-order valence-corrected chi connectivity index (χ2v) is 5.36. The summed E-state index contributed by atoms with van der Waals surface area (Å²) in [4.78, 5) is 12.5. The van der Waals surface area contributed by atoms with Gasteiger partial charge in [0.05, 0.1) is 5.69 Å². The molecule has 0 atom stereocenters. The third-order valence-corrected chi connectivity index (χ3v) is 3.58. The maximum Gasteiger partial charge on any atom is 0.281 e. The highest BCUT2D eigenvalue weighted by atomic mass is 16.3. The normalized spacial score (nSPS) is 10.9. The van der Waals surface area contributed by atoms with Crippen molar-refractivity contribution in [3.8, 4) is 11.9 Å². The van der Waals surface area contributed by atoms with Crippen LogP contribution in [0, 0.1) is 25.2 Å². The van der Waals surface area contributed by atoms with Crippen LogP contribution in [0.2, 0.25) is 0 Å². The predicted octanol–water partition coefficient (Wildman–Crippen LogP) is 2.84.